The minimum atomic E-state index is -0.465. The van der Waals surface area contributed by atoms with Crippen molar-refractivity contribution in [2.24, 2.45) is 5.92 Å². The van der Waals surface area contributed by atoms with Gasteiger partial charge in [0, 0.05) is 43.2 Å². The van der Waals surface area contributed by atoms with Gasteiger partial charge in [-0.1, -0.05) is 25.1 Å². The summed E-state index contributed by atoms with van der Waals surface area (Å²) in [6.45, 7) is 6.35. The Morgan fingerprint density at radius 3 is 2.53 bits per heavy atom. The number of rotatable bonds is 6. The molecule has 1 saturated heterocycles. The molecule has 3 aromatic rings. The second-order valence-electron chi connectivity index (χ2n) is 9.91. The summed E-state index contributed by atoms with van der Waals surface area (Å²) < 4.78 is 11.8. The highest BCUT2D eigenvalue weighted by atomic mass is 16.6. The van der Waals surface area contributed by atoms with Crippen molar-refractivity contribution in [1.29, 1.82) is 0 Å². The van der Waals surface area contributed by atoms with Gasteiger partial charge in [-0.2, -0.15) is 4.98 Å². The van der Waals surface area contributed by atoms with Gasteiger partial charge in [0.2, 0.25) is 11.8 Å². The Bertz CT molecular complexity index is 1370. The number of carbonyl (C=O) groups is 1. The molecule has 3 heterocycles. The van der Waals surface area contributed by atoms with Crippen molar-refractivity contribution in [1.82, 2.24) is 14.9 Å². The lowest BCUT2D eigenvalue weighted by atomic mass is 9.99. The zero-order chi connectivity index (χ0) is 26.8. The maximum absolute atomic E-state index is 13.4. The number of anilines is 1. The predicted octanol–water partition coefficient (Wildman–Crippen LogP) is 4.93. The van der Waals surface area contributed by atoms with E-state index in [0.717, 1.165) is 37.2 Å². The fraction of sp³-hybridized carbons (Fsp3) is 0.393. The van der Waals surface area contributed by atoms with E-state index in [2.05, 4.69) is 11.8 Å². The van der Waals surface area contributed by atoms with Crippen molar-refractivity contribution in [3.63, 3.8) is 0 Å². The van der Waals surface area contributed by atoms with E-state index in [1.807, 2.05) is 24.3 Å². The summed E-state index contributed by atoms with van der Waals surface area (Å²) >= 11 is 0. The van der Waals surface area contributed by atoms with Crippen LogP contribution in [-0.4, -0.2) is 52.4 Å². The van der Waals surface area contributed by atoms with E-state index in [9.17, 15) is 14.9 Å². The molecule has 2 aliphatic heterocycles. The minimum Gasteiger partial charge on any atom is -0.493 e. The van der Waals surface area contributed by atoms with Gasteiger partial charge in [0.1, 0.15) is 0 Å². The van der Waals surface area contributed by atoms with Gasteiger partial charge in [-0.05, 0) is 43.9 Å². The summed E-state index contributed by atoms with van der Waals surface area (Å²) in [6, 6.07) is 11.9. The molecule has 1 fully saturated rings. The number of aromatic nitrogens is 2. The average Bonchev–Trinajstić information content (AvgIpc) is 2.93. The molecule has 0 atom stereocenters. The normalized spacial score (nSPS) is 15.7. The third-order valence-electron chi connectivity index (χ3n) is 7.29. The van der Waals surface area contributed by atoms with Gasteiger partial charge in [-0.3, -0.25) is 14.9 Å². The second kappa shape index (κ2) is 10.6. The Kier molecular flexibility index (Phi) is 7.13. The smallest absolute Gasteiger partial charge is 0.273 e. The van der Waals surface area contributed by atoms with Crippen molar-refractivity contribution in [3.8, 4) is 17.4 Å². The molecular weight excluding hydrogens is 486 g/mol. The van der Waals surface area contributed by atoms with Crippen LogP contribution in [0.3, 0.4) is 0 Å². The standard InChI is InChI=1S/C28H31N5O5/c1-18-10-13-31(14-11-18)28-29-22-12-15-32(27(34)20-9-8-19(2)23(16-20)33(35)36)17-21(22)26(30-28)38-25-7-5-4-6-24(25)37-3/h4-9,16,18H,10-15,17H2,1-3H3. The van der Waals surface area contributed by atoms with Gasteiger partial charge in [0.15, 0.2) is 11.5 Å². The number of nitro benzene ring substituents is 1. The molecule has 2 aliphatic rings. The third-order valence-corrected chi connectivity index (χ3v) is 7.29. The third kappa shape index (κ3) is 5.11. The summed E-state index contributed by atoms with van der Waals surface area (Å²) in [5.74, 6) is 2.51. The highest BCUT2D eigenvalue weighted by molar-refractivity contribution is 5.95. The first-order chi connectivity index (χ1) is 18.3. The Morgan fingerprint density at radius 2 is 1.82 bits per heavy atom. The molecule has 5 rings (SSSR count). The number of para-hydroxylation sites is 2. The molecule has 1 aromatic heterocycles. The number of amides is 1. The molecule has 0 saturated carbocycles. The highest BCUT2D eigenvalue weighted by Gasteiger charge is 2.30. The van der Waals surface area contributed by atoms with Gasteiger partial charge in [0.05, 0.1) is 29.8 Å². The minimum absolute atomic E-state index is 0.0720. The molecule has 2 aromatic carbocycles. The van der Waals surface area contributed by atoms with Gasteiger partial charge < -0.3 is 19.3 Å². The van der Waals surface area contributed by atoms with Crippen LogP contribution in [0.25, 0.3) is 0 Å². The molecule has 0 bridgehead atoms. The quantitative estimate of drug-likeness (QED) is 0.334. The molecule has 10 heteroatoms. The number of aryl methyl sites for hydroxylation is 1. The summed E-state index contributed by atoms with van der Waals surface area (Å²) in [5, 5.41) is 11.4. The molecule has 38 heavy (non-hydrogen) atoms. The Balaban J connectivity index is 1.49. The number of hydrogen-bond acceptors (Lipinski definition) is 8. The molecular formula is C28H31N5O5. The van der Waals surface area contributed by atoms with Gasteiger partial charge >= 0.3 is 0 Å². The molecule has 0 spiro atoms. The largest absolute Gasteiger partial charge is 0.493 e. The molecule has 1 amide bonds. The van der Waals surface area contributed by atoms with E-state index in [1.165, 1.54) is 6.07 Å². The maximum Gasteiger partial charge on any atom is 0.273 e. The van der Waals surface area contributed by atoms with Gasteiger partial charge in [-0.15, -0.1) is 0 Å². The maximum atomic E-state index is 13.4. The number of hydrogen-bond donors (Lipinski definition) is 0. The Labute approximate surface area is 221 Å². The number of piperidine rings is 1. The first-order valence-corrected chi connectivity index (χ1v) is 12.8. The van der Waals surface area contributed by atoms with Gasteiger partial charge in [-0.25, -0.2) is 4.98 Å². The van der Waals surface area contributed by atoms with Crippen LogP contribution in [0.15, 0.2) is 42.5 Å². The van der Waals surface area contributed by atoms with E-state index in [4.69, 9.17) is 19.4 Å². The average molecular weight is 518 g/mol. The van der Waals surface area contributed by atoms with Crippen LogP contribution in [0.4, 0.5) is 11.6 Å². The lowest BCUT2D eigenvalue weighted by Crippen LogP contribution is -2.38. The van der Waals surface area contributed by atoms with E-state index >= 15 is 0 Å². The lowest BCUT2D eigenvalue weighted by molar-refractivity contribution is -0.385. The van der Waals surface area contributed by atoms with Crippen molar-refractivity contribution < 1.29 is 19.2 Å². The van der Waals surface area contributed by atoms with Crippen LogP contribution in [-0.2, 0) is 13.0 Å². The van der Waals surface area contributed by atoms with Crippen molar-refractivity contribution >= 4 is 17.5 Å². The van der Waals surface area contributed by atoms with E-state index < -0.39 is 4.92 Å². The number of ether oxygens (including phenoxy) is 2. The van der Waals surface area contributed by atoms with Crippen LogP contribution < -0.4 is 14.4 Å². The Hall–Kier alpha value is -4.21. The van der Waals surface area contributed by atoms with E-state index in [1.54, 1.807) is 31.1 Å². The highest BCUT2D eigenvalue weighted by Crippen LogP contribution is 2.36. The molecule has 10 nitrogen and oxygen atoms in total. The number of benzene rings is 2. The van der Waals surface area contributed by atoms with Crippen LogP contribution in [0.1, 0.15) is 46.9 Å². The topological polar surface area (TPSA) is 111 Å². The molecule has 0 unspecified atom stereocenters. The summed E-state index contributed by atoms with van der Waals surface area (Å²) in [7, 11) is 1.58. The SMILES string of the molecule is COc1ccccc1Oc1nc(N2CCC(C)CC2)nc2c1CN(C(=O)c1ccc(C)c([N+](=O)[O-])c1)CC2. The Morgan fingerprint density at radius 1 is 1.08 bits per heavy atom. The van der Waals surface area contributed by atoms with Crippen molar-refractivity contribution in [2.75, 3.05) is 31.6 Å². The summed E-state index contributed by atoms with van der Waals surface area (Å²) in [6.07, 6.45) is 2.68. The molecule has 0 radical (unpaired) electrons. The van der Waals surface area contributed by atoms with Crippen LogP contribution in [0.2, 0.25) is 0 Å². The van der Waals surface area contributed by atoms with E-state index in [0.29, 0.717) is 47.8 Å². The van der Waals surface area contributed by atoms with Gasteiger partial charge in [0.25, 0.3) is 11.6 Å². The fourth-order valence-corrected chi connectivity index (χ4v) is 4.91. The predicted molar refractivity (Wildman–Crippen MR) is 142 cm³/mol. The van der Waals surface area contributed by atoms with Crippen LogP contribution in [0.5, 0.6) is 17.4 Å². The van der Waals surface area contributed by atoms with Crippen LogP contribution >= 0.6 is 0 Å². The summed E-state index contributed by atoms with van der Waals surface area (Å²) in [4.78, 5) is 37.9. The number of carbonyl (C=O) groups excluding carboxylic acids is 1. The summed E-state index contributed by atoms with van der Waals surface area (Å²) in [5.41, 5.74) is 2.29. The number of methoxy groups -OCH3 is 1. The first-order valence-electron chi connectivity index (χ1n) is 12.8. The number of fused-ring (bicyclic) bond motifs is 1. The number of nitrogens with zero attached hydrogens (tertiary/aromatic N) is 5. The fourth-order valence-electron chi connectivity index (χ4n) is 4.91. The zero-order valence-electron chi connectivity index (χ0n) is 21.8. The van der Waals surface area contributed by atoms with Crippen molar-refractivity contribution in [2.45, 2.75) is 39.7 Å². The van der Waals surface area contributed by atoms with E-state index in [-0.39, 0.29) is 23.7 Å². The molecule has 0 N–H and O–H groups in total. The molecule has 198 valence electrons. The zero-order valence-corrected chi connectivity index (χ0v) is 21.8. The second-order valence-corrected chi connectivity index (χ2v) is 9.91. The van der Waals surface area contributed by atoms with Crippen molar-refractivity contribution in [3.05, 3.63) is 75.0 Å². The monoisotopic (exact) mass is 517 g/mol. The lowest BCUT2D eigenvalue weighted by Gasteiger charge is -2.33. The molecule has 0 aliphatic carbocycles. The van der Waals surface area contributed by atoms with Crippen LogP contribution in [0, 0.1) is 23.0 Å². The number of nitro groups is 1. The first kappa shape index (κ1) is 25.4.